The van der Waals surface area contributed by atoms with Gasteiger partial charge < -0.3 is 4.57 Å². The summed E-state index contributed by atoms with van der Waals surface area (Å²) in [4.78, 5) is 16.4. The maximum Gasteiger partial charge on any atom is 0.283 e. The van der Waals surface area contributed by atoms with Gasteiger partial charge in [-0.15, -0.1) is 0 Å². The van der Waals surface area contributed by atoms with Gasteiger partial charge in [0.05, 0.1) is 21.2 Å². The molecule has 1 aromatic carbocycles. The van der Waals surface area contributed by atoms with E-state index in [1.165, 1.54) is 16.8 Å². The third-order valence-corrected chi connectivity index (χ3v) is 5.74. The fourth-order valence-corrected chi connectivity index (χ4v) is 3.95. The lowest BCUT2D eigenvalue weighted by atomic mass is 10.1. The summed E-state index contributed by atoms with van der Waals surface area (Å²) in [5, 5.41) is 15.1. The molecule has 0 fully saturated rings. The zero-order valence-electron chi connectivity index (χ0n) is 14.3. The van der Waals surface area contributed by atoms with Crippen LogP contribution in [0.2, 0.25) is 10.0 Å². The van der Waals surface area contributed by atoms with E-state index in [9.17, 15) is 4.79 Å². The Hall–Kier alpha value is -2.35. The van der Waals surface area contributed by atoms with Gasteiger partial charge in [-0.2, -0.15) is 15.1 Å². The van der Waals surface area contributed by atoms with E-state index in [1.54, 1.807) is 23.8 Å². The minimum absolute atomic E-state index is 0.0191. The molecule has 0 unspecified atom stereocenters. The SMILES string of the molecule is Cc1cc(C=C2C(=N)N3N=CSC3=NC2=O)c(C)n1-c1ccc(Cl)c(Cl)c1. The van der Waals surface area contributed by atoms with Gasteiger partial charge in [0, 0.05) is 17.1 Å². The van der Waals surface area contributed by atoms with Crippen LogP contribution in [0.15, 0.2) is 39.9 Å². The van der Waals surface area contributed by atoms with Crippen LogP contribution in [-0.4, -0.2) is 32.0 Å². The van der Waals surface area contributed by atoms with Crippen molar-refractivity contribution in [2.24, 2.45) is 10.1 Å². The highest BCUT2D eigenvalue weighted by Crippen LogP contribution is 2.30. The van der Waals surface area contributed by atoms with E-state index in [0.29, 0.717) is 15.2 Å². The number of amides is 1. The third kappa shape index (κ3) is 3.01. The minimum atomic E-state index is -0.441. The molecule has 1 aromatic heterocycles. The van der Waals surface area contributed by atoms with Gasteiger partial charge in [0.2, 0.25) is 0 Å². The number of benzene rings is 1. The number of nitrogens with one attached hydrogen (secondary N) is 1. The topological polar surface area (TPSA) is 73.8 Å². The van der Waals surface area contributed by atoms with E-state index in [0.717, 1.165) is 22.6 Å². The Morgan fingerprint density at radius 2 is 1.96 bits per heavy atom. The molecule has 1 amide bonds. The Morgan fingerprint density at radius 1 is 1.19 bits per heavy atom. The number of thioether (sulfide) groups is 1. The summed E-state index contributed by atoms with van der Waals surface area (Å²) in [7, 11) is 0. The number of hydrazone groups is 1. The number of amidine groups is 2. The monoisotopic (exact) mass is 417 g/mol. The van der Waals surface area contributed by atoms with Gasteiger partial charge in [0.25, 0.3) is 5.91 Å². The van der Waals surface area contributed by atoms with Gasteiger partial charge >= 0.3 is 0 Å². The number of halogens is 2. The van der Waals surface area contributed by atoms with Crippen molar-refractivity contribution in [1.29, 1.82) is 5.41 Å². The van der Waals surface area contributed by atoms with Crippen LogP contribution in [0.3, 0.4) is 0 Å². The second-order valence-electron chi connectivity index (χ2n) is 6.02. The quantitative estimate of drug-likeness (QED) is 0.722. The Balaban J connectivity index is 1.79. The summed E-state index contributed by atoms with van der Waals surface area (Å²) in [6.07, 6.45) is 1.68. The number of nitrogens with zero attached hydrogens (tertiary/aromatic N) is 4. The van der Waals surface area contributed by atoms with E-state index in [4.69, 9.17) is 28.6 Å². The maximum atomic E-state index is 12.4. The van der Waals surface area contributed by atoms with Crippen molar-refractivity contribution in [2.45, 2.75) is 13.8 Å². The predicted octanol–water partition coefficient (Wildman–Crippen LogP) is 4.65. The zero-order valence-corrected chi connectivity index (χ0v) is 16.7. The van der Waals surface area contributed by atoms with E-state index < -0.39 is 5.91 Å². The second-order valence-corrected chi connectivity index (χ2v) is 7.64. The highest BCUT2D eigenvalue weighted by molar-refractivity contribution is 8.25. The molecule has 2 aliphatic rings. The van der Waals surface area contributed by atoms with Crippen molar-refractivity contribution < 1.29 is 4.79 Å². The maximum absolute atomic E-state index is 12.4. The molecule has 9 heteroatoms. The molecule has 0 atom stereocenters. The van der Waals surface area contributed by atoms with E-state index in [1.807, 2.05) is 30.5 Å². The number of hydrogen-bond acceptors (Lipinski definition) is 4. The van der Waals surface area contributed by atoms with Crippen LogP contribution >= 0.6 is 35.0 Å². The number of hydrogen-bond donors (Lipinski definition) is 1. The Labute approximate surface area is 169 Å². The third-order valence-electron chi connectivity index (χ3n) is 4.33. The van der Waals surface area contributed by atoms with Gasteiger partial charge in [-0.1, -0.05) is 23.2 Å². The highest BCUT2D eigenvalue weighted by Gasteiger charge is 2.32. The molecule has 0 aliphatic carbocycles. The smallest absolute Gasteiger partial charge is 0.283 e. The lowest BCUT2D eigenvalue weighted by Crippen LogP contribution is -2.35. The molecule has 2 aliphatic heterocycles. The molecule has 2 aromatic rings. The number of fused-ring (bicyclic) bond motifs is 1. The molecule has 6 nitrogen and oxygen atoms in total. The van der Waals surface area contributed by atoms with Gasteiger partial charge in [-0.05, 0) is 61.5 Å². The molecule has 1 N–H and O–H groups in total. The predicted molar refractivity (Wildman–Crippen MR) is 111 cm³/mol. The van der Waals surface area contributed by atoms with Crippen LogP contribution < -0.4 is 0 Å². The molecule has 0 saturated carbocycles. The normalized spacial score (nSPS) is 17.7. The molecular formula is C18H13Cl2N5OS. The first-order valence-electron chi connectivity index (χ1n) is 7.94. The van der Waals surface area contributed by atoms with Gasteiger partial charge in [-0.3, -0.25) is 10.2 Å². The van der Waals surface area contributed by atoms with Crippen molar-refractivity contribution >= 4 is 63.5 Å². The van der Waals surface area contributed by atoms with Gasteiger partial charge in [0.1, 0.15) is 0 Å². The number of rotatable bonds is 2. The summed E-state index contributed by atoms with van der Waals surface area (Å²) in [6.45, 7) is 3.90. The molecule has 0 saturated heterocycles. The summed E-state index contributed by atoms with van der Waals surface area (Å²) >= 11 is 13.4. The summed E-state index contributed by atoms with van der Waals surface area (Å²) in [5.74, 6) is -0.422. The molecule has 4 rings (SSSR count). The highest BCUT2D eigenvalue weighted by atomic mass is 35.5. The molecular weight excluding hydrogens is 405 g/mol. The van der Waals surface area contributed by atoms with Crippen LogP contribution in [0.25, 0.3) is 11.8 Å². The van der Waals surface area contributed by atoms with Crippen LogP contribution in [-0.2, 0) is 4.79 Å². The zero-order chi connectivity index (χ0) is 19.3. The van der Waals surface area contributed by atoms with E-state index >= 15 is 0 Å². The second kappa shape index (κ2) is 6.67. The molecule has 0 radical (unpaired) electrons. The van der Waals surface area contributed by atoms with Crippen molar-refractivity contribution in [2.75, 3.05) is 0 Å². The van der Waals surface area contributed by atoms with Crippen LogP contribution in [0.1, 0.15) is 17.0 Å². The van der Waals surface area contributed by atoms with Crippen molar-refractivity contribution in [3.8, 4) is 5.69 Å². The number of aromatic nitrogens is 1. The lowest BCUT2D eigenvalue weighted by Gasteiger charge is -2.20. The van der Waals surface area contributed by atoms with Crippen molar-refractivity contribution in [3.63, 3.8) is 0 Å². The van der Waals surface area contributed by atoms with Crippen LogP contribution in [0.4, 0.5) is 0 Å². The molecule has 3 heterocycles. The van der Waals surface area contributed by atoms with E-state index in [2.05, 4.69) is 10.1 Å². The van der Waals surface area contributed by atoms with Crippen LogP contribution in [0, 0.1) is 19.3 Å². The number of carbonyl (C=O) groups excluding carboxylic acids is 1. The average Bonchev–Trinajstić information content (AvgIpc) is 3.19. The molecule has 0 bridgehead atoms. The number of aliphatic imine (C=N–C) groups is 1. The summed E-state index contributed by atoms with van der Waals surface area (Å²) < 4.78 is 2.02. The van der Waals surface area contributed by atoms with Crippen molar-refractivity contribution in [3.05, 3.63) is 56.8 Å². The fraction of sp³-hybridized carbons (Fsp3) is 0.111. The van der Waals surface area contributed by atoms with E-state index in [-0.39, 0.29) is 11.4 Å². The summed E-state index contributed by atoms with van der Waals surface area (Å²) in [5.41, 5.74) is 5.32. The van der Waals surface area contributed by atoms with Gasteiger partial charge in [-0.25, -0.2) is 0 Å². The van der Waals surface area contributed by atoms with Crippen molar-refractivity contribution in [1.82, 2.24) is 9.58 Å². The Morgan fingerprint density at radius 3 is 2.70 bits per heavy atom. The first-order valence-corrected chi connectivity index (χ1v) is 9.57. The standard InChI is InChI=1S/C18H13Cl2N5OS/c1-9-5-11(10(2)24(9)12-3-4-14(19)15(20)7-12)6-13-16(21)25-18(23-17(13)26)27-8-22-25/h3-8,21H,1-2H3. The first-order chi connectivity index (χ1) is 12.9. The van der Waals surface area contributed by atoms with Gasteiger partial charge in [0.15, 0.2) is 11.0 Å². The number of aryl methyl sites for hydroxylation is 1. The number of carbonyl (C=O) groups is 1. The Kier molecular flexibility index (Phi) is 4.46. The first kappa shape index (κ1) is 18.0. The fourth-order valence-electron chi connectivity index (χ4n) is 3.05. The molecule has 136 valence electrons. The largest absolute Gasteiger partial charge is 0.318 e. The molecule has 0 spiro atoms. The average molecular weight is 418 g/mol. The minimum Gasteiger partial charge on any atom is -0.318 e. The lowest BCUT2D eigenvalue weighted by molar-refractivity contribution is -0.114. The molecule has 27 heavy (non-hydrogen) atoms. The van der Waals surface area contributed by atoms with Crippen LogP contribution in [0.5, 0.6) is 0 Å². The summed E-state index contributed by atoms with van der Waals surface area (Å²) in [6, 6.07) is 7.37. The Bertz CT molecular complexity index is 1100.